The van der Waals surface area contributed by atoms with Gasteiger partial charge in [-0.3, -0.25) is 9.36 Å². The number of hydrogen-bond donors (Lipinski definition) is 0. The van der Waals surface area contributed by atoms with Crippen LogP contribution < -0.4 is 0 Å². The third-order valence-corrected chi connectivity index (χ3v) is 4.77. The van der Waals surface area contributed by atoms with E-state index in [4.69, 9.17) is 4.98 Å². The normalized spacial score (nSPS) is 14.8. The molecule has 1 aliphatic rings. The van der Waals surface area contributed by atoms with Gasteiger partial charge in [-0.2, -0.15) is 0 Å². The van der Waals surface area contributed by atoms with Gasteiger partial charge in [-0.05, 0) is 43.5 Å². The van der Waals surface area contributed by atoms with Gasteiger partial charge in [0, 0.05) is 37.8 Å². The number of para-hydroxylation sites is 1. The van der Waals surface area contributed by atoms with Crippen LogP contribution in [0.1, 0.15) is 31.5 Å². The average molecular weight is 334 g/mol. The number of likely N-dealkylation sites (tertiary alicyclic amines) is 1. The summed E-state index contributed by atoms with van der Waals surface area (Å²) in [5.74, 6) is 1.13. The van der Waals surface area contributed by atoms with E-state index in [1.807, 2.05) is 47.4 Å². The first-order chi connectivity index (χ1) is 12.3. The molecule has 1 aromatic carbocycles. The van der Waals surface area contributed by atoms with Crippen molar-refractivity contribution >= 4 is 17.1 Å². The van der Waals surface area contributed by atoms with Crippen LogP contribution in [-0.4, -0.2) is 38.4 Å². The first-order valence-corrected chi connectivity index (χ1v) is 8.98. The molecule has 0 radical (unpaired) electrons. The summed E-state index contributed by atoms with van der Waals surface area (Å²) in [6.45, 7) is 1.80. The Morgan fingerprint density at radius 1 is 1.00 bits per heavy atom. The van der Waals surface area contributed by atoms with E-state index in [-0.39, 0.29) is 5.91 Å². The molecule has 1 aliphatic heterocycles. The number of benzene rings is 1. The van der Waals surface area contributed by atoms with Crippen molar-refractivity contribution in [2.24, 2.45) is 0 Å². The van der Waals surface area contributed by atoms with E-state index in [0.717, 1.165) is 48.6 Å². The second kappa shape index (κ2) is 7.05. The minimum Gasteiger partial charge on any atom is -0.343 e. The van der Waals surface area contributed by atoms with Crippen LogP contribution in [0.25, 0.3) is 16.9 Å². The van der Waals surface area contributed by atoms with Gasteiger partial charge < -0.3 is 4.90 Å². The molecule has 2 aromatic heterocycles. The van der Waals surface area contributed by atoms with Gasteiger partial charge in [-0.15, -0.1) is 0 Å². The summed E-state index contributed by atoms with van der Waals surface area (Å²) in [6.07, 6.45) is 6.39. The fourth-order valence-corrected chi connectivity index (χ4v) is 3.50. The zero-order valence-electron chi connectivity index (χ0n) is 14.3. The molecule has 1 saturated heterocycles. The highest BCUT2D eigenvalue weighted by molar-refractivity contribution is 5.77. The van der Waals surface area contributed by atoms with E-state index in [9.17, 15) is 4.79 Å². The Morgan fingerprint density at radius 3 is 2.60 bits per heavy atom. The lowest BCUT2D eigenvalue weighted by Gasteiger charge is -2.26. The first kappa shape index (κ1) is 15.8. The molecule has 0 spiro atoms. The predicted molar refractivity (Wildman–Crippen MR) is 97.6 cm³/mol. The number of imidazole rings is 1. The molecule has 4 rings (SSSR count). The molecule has 3 aromatic rings. The second-order valence-electron chi connectivity index (χ2n) is 6.49. The van der Waals surface area contributed by atoms with Crippen LogP contribution in [-0.2, 0) is 11.2 Å². The summed E-state index contributed by atoms with van der Waals surface area (Å²) in [7, 11) is 0. The van der Waals surface area contributed by atoms with Crippen molar-refractivity contribution in [1.29, 1.82) is 0 Å². The Bertz CT molecular complexity index is 866. The summed E-state index contributed by atoms with van der Waals surface area (Å²) >= 11 is 0. The van der Waals surface area contributed by atoms with E-state index < -0.39 is 0 Å². The van der Waals surface area contributed by atoms with Gasteiger partial charge in [0.1, 0.15) is 11.3 Å². The number of rotatable bonds is 4. The Hall–Kier alpha value is -2.69. The van der Waals surface area contributed by atoms with Crippen molar-refractivity contribution in [2.75, 3.05) is 13.1 Å². The van der Waals surface area contributed by atoms with E-state index >= 15 is 0 Å². The number of fused-ring (bicyclic) bond motifs is 1. The Kier molecular flexibility index (Phi) is 4.46. The highest BCUT2D eigenvalue weighted by Gasteiger charge is 2.19. The molecule has 128 valence electrons. The monoisotopic (exact) mass is 334 g/mol. The number of carbonyl (C=O) groups excluding carboxylic acids is 1. The fourth-order valence-electron chi connectivity index (χ4n) is 3.50. The number of aromatic nitrogens is 3. The fraction of sp³-hybridized carbons (Fsp3) is 0.350. The van der Waals surface area contributed by atoms with Crippen molar-refractivity contribution in [3.63, 3.8) is 0 Å². The molecular weight excluding hydrogens is 312 g/mol. The molecule has 3 heterocycles. The Labute approximate surface area is 147 Å². The molecule has 1 fully saturated rings. The molecule has 0 N–H and O–H groups in total. The number of nitrogens with zero attached hydrogens (tertiary/aromatic N) is 4. The molecule has 0 saturated carbocycles. The average Bonchev–Trinajstić information content (AvgIpc) is 3.06. The largest absolute Gasteiger partial charge is 0.343 e. The maximum atomic E-state index is 12.5. The van der Waals surface area contributed by atoms with Gasteiger partial charge in [0.25, 0.3) is 0 Å². The summed E-state index contributed by atoms with van der Waals surface area (Å²) in [6, 6.07) is 14.0. The van der Waals surface area contributed by atoms with Gasteiger partial charge in [-0.25, -0.2) is 9.97 Å². The van der Waals surface area contributed by atoms with E-state index in [0.29, 0.717) is 12.8 Å². The summed E-state index contributed by atoms with van der Waals surface area (Å²) in [5, 5.41) is 0. The smallest absolute Gasteiger partial charge is 0.223 e. The zero-order chi connectivity index (χ0) is 17.1. The van der Waals surface area contributed by atoms with Crippen LogP contribution in [0.4, 0.5) is 0 Å². The topological polar surface area (TPSA) is 51.0 Å². The standard InChI is InChI=1S/C20H22N4O/c25-19(23-14-5-2-6-15-23)12-11-18-22-17-10-7-13-21-20(17)24(18)16-8-3-1-4-9-16/h1,3-4,7-10,13H,2,5-6,11-12,14-15H2. The van der Waals surface area contributed by atoms with Gasteiger partial charge >= 0.3 is 0 Å². The number of piperidine rings is 1. The molecular formula is C20H22N4O. The van der Waals surface area contributed by atoms with Crippen LogP contribution in [0.5, 0.6) is 0 Å². The summed E-state index contributed by atoms with van der Waals surface area (Å²) < 4.78 is 2.07. The first-order valence-electron chi connectivity index (χ1n) is 8.98. The number of carbonyl (C=O) groups is 1. The van der Waals surface area contributed by atoms with Gasteiger partial charge in [0.2, 0.25) is 5.91 Å². The third kappa shape index (κ3) is 3.27. The van der Waals surface area contributed by atoms with Crippen LogP contribution in [0, 0.1) is 0 Å². The molecule has 5 heteroatoms. The molecule has 1 amide bonds. The van der Waals surface area contributed by atoms with Crippen LogP contribution in [0.3, 0.4) is 0 Å². The van der Waals surface area contributed by atoms with Crippen molar-refractivity contribution in [2.45, 2.75) is 32.1 Å². The molecule has 0 aliphatic carbocycles. The molecule has 5 nitrogen and oxygen atoms in total. The predicted octanol–water partition coefficient (Wildman–Crippen LogP) is 3.37. The van der Waals surface area contributed by atoms with Crippen molar-refractivity contribution < 1.29 is 4.79 Å². The second-order valence-corrected chi connectivity index (χ2v) is 6.49. The number of amides is 1. The van der Waals surface area contributed by atoms with Gasteiger partial charge in [-0.1, -0.05) is 18.2 Å². The Balaban J connectivity index is 1.61. The van der Waals surface area contributed by atoms with Crippen LogP contribution in [0.2, 0.25) is 0 Å². The van der Waals surface area contributed by atoms with Crippen molar-refractivity contribution in [1.82, 2.24) is 19.4 Å². The van der Waals surface area contributed by atoms with E-state index in [1.54, 1.807) is 6.20 Å². The maximum Gasteiger partial charge on any atom is 0.223 e. The number of pyridine rings is 1. The van der Waals surface area contributed by atoms with Crippen LogP contribution in [0.15, 0.2) is 48.7 Å². The lowest BCUT2D eigenvalue weighted by molar-refractivity contribution is -0.132. The quantitative estimate of drug-likeness (QED) is 0.735. The zero-order valence-corrected chi connectivity index (χ0v) is 14.3. The van der Waals surface area contributed by atoms with Crippen LogP contribution >= 0.6 is 0 Å². The third-order valence-electron chi connectivity index (χ3n) is 4.77. The van der Waals surface area contributed by atoms with Gasteiger partial charge in [0.15, 0.2) is 5.65 Å². The van der Waals surface area contributed by atoms with Gasteiger partial charge in [0.05, 0.1) is 0 Å². The van der Waals surface area contributed by atoms with E-state index in [1.165, 1.54) is 6.42 Å². The lowest BCUT2D eigenvalue weighted by atomic mass is 10.1. The molecule has 0 bridgehead atoms. The number of aryl methyl sites for hydroxylation is 1. The number of hydrogen-bond acceptors (Lipinski definition) is 3. The highest BCUT2D eigenvalue weighted by atomic mass is 16.2. The van der Waals surface area contributed by atoms with Crippen molar-refractivity contribution in [3.8, 4) is 5.69 Å². The molecule has 25 heavy (non-hydrogen) atoms. The minimum absolute atomic E-state index is 0.235. The Morgan fingerprint density at radius 2 is 1.80 bits per heavy atom. The highest BCUT2D eigenvalue weighted by Crippen LogP contribution is 2.21. The lowest BCUT2D eigenvalue weighted by Crippen LogP contribution is -2.35. The minimum atomic E-state index is 0.235. The SMILES string of the molecule is O=C(CCc1nc2cccnc2n1-c1ccccc1)N1CCCCC1. The van der Waals surface area contributed by atoms with E-state index in [2.05, 4.69) is 9.55 Å². The molecule has 0 unspecified atom stereocenters. The molecule has 0 atom stereocenters. The summed E-state index contributed by atoms with van der Waals surface area (Å²) in [4.78, 5) is 23.7. The van der Waals surface area contributed by atoms with Crippen molar-refractivity contribution in [3.05, 3.63) is 54.5 Å². The maximum absolute atomic E-state index is 12.5. The summed E-state index contributed by atoms with van der Waals surface area (Å²) in [5.41, 5.74) is 2.74.